The molecule has 1 aromatic carbocycles. The number of hydrogen-bond acceptors (Lipinski definition) is 4. The molecule has 90 valence electrons. The fourth-order valence-corrected chi connectivity index (χ4v) is 2.43. The quantitative estimate of drug-likeness (QED) is 0.677. The minimum absolute atomic E-state index is 0.300. The van der Waals surface area contributed by atoms with Crippen LogP contribution in [0.4, 0.5) is 0 Å². The molecule has 4 heteroatoms. The maximum Gasteiger partial charge on any atom is 0.228 e. The lowest BCUT2D eigenvalue weighted by Crippen LogP contribution is -2.28. The van der Waals surface area contributed by atoms with Gasteiger partial charge in [0.25, 0.3) is 0 Å². The summed E-state index contributed by atoms with van der Waals surface area (Å²) >= 11 is 0. The molecule has 18 heavy (non-hydrogen) atoms. The highest BCUT2D eigenvalue weighted by molar-refractivity contribution is 6.23. The molecule has 2 aliphatic carbocycles. The molecular formula is C14H10O4. The molecule has 0 radical (unpaired) electrons. The van der Waals surface area contributed by atoms with Gasteiger partial charge >= 0.3 is 0 Å². The van der Waals surface area contributed by atoms with Crippen molar-refractivity contribution in [3.63, 3.8) is 0 Å². The van der Waals surface area contributed by atoms with E-state index in [0.717, 1.165) is 11.1 Å². The van der Waals surface area contributed by atoms with Crippen LogP contribution in [0.25, 0.3) is 0 Å². The van der Waals surface area contributed by atoms with Crippen LogP contribution in [-0.2, 0) is 22.4 Å². The fraction of sp³-hybridized carbons (Fsp3) is 0.143. The van der Waals surface area contributed by atoms with Gasteiger partial charge in [-0.05, 0) is 11.1 Å². The van der Waals surface area contributed by atoms with Crippen molar-refractivity contribution in [2.24, 2.45) is 0 Å². The normalized spacial score (nSPS) is 18.9. The molecule has 1 aromatic rings. The summed E-state index contributed by atoms with van der Waals surface area (Å²) in [5.74, 6) is -2.95. The van der Waals surface area contributed by atoms with Gasteiger partial charge in [-0.2, -0.15) is 0 Å². The number of carbonyl (C=O) groups excluding carboxylic acids is 2. The summed E-state index contributed by atoms with van der Waals surface area (Å²) in [4.78, 5) is 23.7. The number of fused-ring (bicyclic) bond motifs is 1. The molecule has 0 bridgehead atoms. The summed E-state index contributed by atoms with van der Waals surface area (Å²) in [5.41, 5.74) is 2.56. The van der Waals surface area contributed by atoms with Crippen molar-refractivity contribution >= 4 is 11.6 Å². The van der Waals surface area contributed by atoms with Crippen molar-refractivity contribution in [3.8, 4) is 0 Å². The smallest absolute Gasteiger partial charge is 0.228 e. The number of aliphatic hydroxyl groups excluding tert-OH is 2. The maximum absolute atomic E-state index is 11.8. The minimum Gasteiger partial charge on any atom is -0.501 e. The van der Waals surface area contributed by atoms with E-state index in [9.17, 15) is 19.8 Å². The molecule has 0 spiro atoms. The van der Waals surface area contributed by atoms with Gasteiger partial charge in [0.2, 0.25) is 23.1 Å². The van der Waals surface area contributed by atoms with E-state index in [4.69, 9.17) is 0 Å². The molecule has 0 amide bonds. The molecule has 0 unspecified atom stereocenters. The van der Waals surface area contributed by atoms with Gasteiger partial charge < -0.3 is 10.2 Å². The van der Waals surface area contributed by atoms with E-state index in [-0.39, 0.29) is 0 Å². The van der Waals surface area contributed by atoms with E-state index in [1.54, 1.807) is 0 Å². The van der Waals surface area contributed by atoms with E-state index in [1.807, 2.05) is 24.3 Å². The zero-order valence-electron chi connectivity index (χ0n) is 9.43. The Kier molecular flexibility index (Phi) is 2.13. The Hall–Kier alpha value is -2.36. The van der Waals surface area contributed by atoms with Gasteiger partial charge in [-0.3, -0.25) is 9.59 Å². The number of rotatable bonds is 0. The molecule has 0 fully saturated rings. The molecule has 0 atom stereocenters. The van der Waals surface area contributed by atoms with E-state index >= 15 is 0 Å². The third kappa shape index (κ3) is 1.32. The first-order chi connectivity index (χ1) is 8.59. The predicted molar refractivity (Wildman–Crippen MR) is 63.2 cm³/mol. The molecule has 0 saturated carbocycles. The summed E-state index contributed by atoms with van der Waals surface area (Å²) in [6, 6.07) is 7.53. The third-order valence-electron chi connectivity index (χ3n) is 3.42. The van der Waals surface area contributed by atoms with Gasteiger partial charge in [-0.1, -0.05) is 24.3 Å². The molecular weight excluding hydrogens is 232 g/mol. The van der Waals surface area contributed by atoms with Crippen LogP contribution in [0.15, 0.2) is 46.9 Å². The largest absolute Gasteiger partial charge is 0.501 e. The summed E-state index contributed by atoms with van der Waals surface area (Å²) in [6.45, 7) is 0. The number of Topliss-reactive ketones (excluding diaryl/α,β-unsaturated/α-hetero) is 2. The van der Waals surface area contributed by atoms with Crippen molar-refractivity contribution in [1.82, 2.24) is 0 Å². The standard InChI is InChI=1S/C14H10O4/c15-11-9-5-7-3-1-2-4-8(7)6-10(9)12(16)14(18)13(11)17/h1-4,17-18H,5-6H2. The highest BCUT2D eigenvalue weighted by Gasteiger charge is 2.36. The van der Waals surface area contributed by atoms with Crippen LogP contribution in [-0.4, -0.2) is 21.8 Å². The molecule has 3 rings (SSSR count). The van der Waals surface area contributed by atoms with Crippen LogP contribution in [0.1, 0.15) is 11.1 Å². The zero-order valence-corrected chi connectivity index (χ0v) is 9.43. The van der Waals surface area contributed by atoms with Crippen LogP contribution >= 0.6 is 0 Å². The Labute approximate surface area is 103 Å². The van der Waals surface area contributed by atoms with E-state index in [2.05, 4.69) is 0 Å². The number of benzene rings is 1. The van der Waals surface area contributed by atoms with Gasteiger partial charge in [-0.15, -0.1) is 0 Å². The van der Waals surface area contributed by atoms with Crippen molar-refractivity contribution in [1.29, 1.82) is 0 Å². The van der Waals surface area contributed by atoms with Gasteiger partial charge in [0.15, 0.2) is 0 Å². The highest BCUT2D eigenvalue weighted by Crippen LogP contribution is 2.32. The predicted octanol–water partition coefficient (Wildman–Crippen LogP) is 1.56. The lowest BCUT2D eigenvalue weighted by molar-refractivity contribution is -0.120. The monoisotopic (exact) mass is 242 g/mol. The average molecular weight is 242 g/mol. The summed E-state index contributed by atoms with van der Waals surface area (Å²) < 4.78 is 0. The van der Waals surface area contributed by atoms with Crippen LogP contribution in [0.3, 0.4) is 0 Å². The number of carbonyl (C=O) groups is 2. The number of ketones is 2. The van der Waals surface area contributed by atoms with Crippen LogP contribution < -0.4 is 0 Å². The van der Waals surface area contributed by atoms with Crippen molar-refractivity contribution < 1.29 is 19.8 Å². The summed E-state index contributed by atoms with van der Waals surface area (Å²) in [6.07, 6.45) is 0.654. The Morgan fingerprint density at radius 3 is 1.56 bits per heavy atom. The van der Waals surface area contributed by atoms with Crippen molar-refractivity contribution in [2.75, 3.05) is 0 Å². The third-order valence-corrected chi connectivity index (χ3v) is 3.42. The van der Waals surface area contributed by atoms with Gasteiger partial charge in [0.05, 0.1) is 0 Å². The Morgan fingerprint density at radius 1 is 0.778 bits per heavy atom. The molecule has 0 aliphatic heterocycles. The average Bonchev–Trinajstić information content (AvgIpc) is 2.41. The number of hydrogen-bond donors (Lipinski definition) is 2. The first-order valence-electron chi connectivity index (χ1n) is 5.60. The number of aliphatic hydroxyl groups is 2. The van der Waals surface area contributed by atoms with E-state index in [1.165, 1.54) is 0 Å². The molecule has 2 aliphatic rings. The lowest BCUT2D eigenvalue weighted by Gasteiger charge is -2.24. The van der Waals surface area contributed by atoms with Crippen molar-refractivity contribution in [3.05, 3.63) is 58.1 Å². The summed E-state index contributed by atoms with van der Waals surface area (Å²) in [5, 5.41) is 18.9. The fourth-order valence-electron chi connectivity index (χ4n) is 2.43. The molecule has 0 saturated heterocycles. The minimum atomic E-state index is -0.835. The van der Waals surface area contributed by atoms with Crippen LogP contribution in [0.2, 0.25) is 0 Å². The van der Waals surface area contributed by atoms with Gasteiger partial charge in [-0.25, -0.2) is 0 Å². The van der Waals surface area contributed by atoms with Gasteiger partial charge in [0, 0.05) is 24.0 Å². The van der Waals surface area contributed by atoms with Crippen LogP contribution in [0.5, 0.6) is 0 Å². The highest BCUT2D eigenvalue weighted by atomic mass is 16.3. The SMILES string of the molecule is O=C1C(O)=C(O)C(=O)C2=C1Cc1ccccc1C2. The Morgan fingerprint density at radius 2 is 1.17 bits per heavy atom. The molecule has 2 N–H and O–H groups in total. The Balaban J connectivity index is 2.12. The molecule has 0 aromatic heterocycles. The number of allylic oxidation sites excluding steroid dienone is 2. The molecule has 0 heterocycles. The van der Waals surface area contributed by atoms with E-state index < -0.39 is 23.1 Å². The van der Waals surface area contributed by atoms with Crippen molar-refractivity contribution in [2.45, 2.75) is 12.8 Å². The topological polar surface area (TPSA) is 74.6 Å². The van der Waals surface area contributed by atoms with Gasteiger partial charge in [0.1, 0.15) is 0 Å². The second-order valence-corrected chi connectivity index (χ2v) is 4.43. The lowest BCUT2D eigenvalue weighted by atomic mass is 9.79. The second-order valence-electron chi connectivity index (χ2n) is 4.43. The maximum atomic E-state index is 11.8. The summed E-state index contributed by atoms with van der Waals surface area (Å²) in [7, 11) is 0. The first kappa shape index (κ1) is 10.8. The first-order valence-corrected chi connectivity index (χ1v) is 5.60. The Bertz CT molecular complexity index is 595. The van der Waals surface area contributed by atoms with Crippen LogP contribution in [0, 0.1) is 0 Å². The second kappa shape index (κ2) is 3.57. The van der Waals surface area contributed by atoms with E-state index in [0.29, 0.717) is 24.0 Å². The zero-order chi connectivity index (χ0) is 12.9. The molecule has 4 nitrogen and oxygen atoms in total.